The van der Waals surface area contributed by atoms with Gasteiger partial charge in [-0.25, -0.2) is 0 Å². The van der Waals surface area contributed by atoms with Gasteiger partial charge in [0.2, 0.25) is 0 Å². The number of hydrogen-bond donors (Lipinski definition) is 0. The Morgan fingerprint density at radius 3 is 2.33 bits per heavy atom. The molecule has 0 bridgehead atoms. The van der Waals surface area contributed by atoms with Crippen molar-refractivity contribution in [3.05, 3.63) is 23.0 Å². The molecular weight excluding hydrogens is 184 g/mol. The second-order valence-corrected chi connectivity index (χ2v) is 3.95. The zero-order chi connectivity index (χ0) is 11.8. The van der Waals surface area contributed by atoms with Gasteiger partial charge in [0.15, 0.2) is 0 Å². The molecule has 0 amide bonds. The molecular formula is C14H26O. The largest absolute Gasteiger partial charge is 0.494 e. The van der Waals surface area contributed by atoms with Crippen LogP contribution in [0.2, 0.25) is 0 Å². The maximum absolute atomic E-state index is 5.58. The van der Waals surface area contributed by atoms with E-state index in [1.54, 1.807) is 0 Å². The van der Waals surface area contributed by atoms with Gasteiger partial charge in [-0.15, -0.1) is 0 Å². The normalized spacial score (nSPS) is 15.8. The van der Waals surface area contributed by atoms with E-state index >= 15 is 0 Å². The molecule has 0 saturated carbocycles. The minimum Gasteiger partial charge on any atom is -0.494 e. The standard InChI is InChI=1S/C12H20O.C2H6/c1-5-13-12-8-11(9(2)3)7-6-10(12)4;1-2/h8-9H,5-7H2,1-4H3;1-2H3. The molecule has 0 aromatic rings. The predicted octanol–water partition coefficient (Wildman–Crippen LogP) is 4.70. The average molecular weight is 210 g/mol. The van der Waals surface area contributed by atoms with Crippen molar-refractivity contribution in [2.24, 2.45) is 5.92 Å². The van der Waals surface area contributed by atoms with Crippen molar-refractivity contribution in [2.75, 3.05) is 6.61 Å². The molecule has 1 aliphatic carbocycles. The van der Waals surface area contributed by atoms with Gasteiger partial charge in [0, 0.05) is 0 Å². The third kappa shape index (κ3) is 4.55. The van der Waals surface area contributed by atoms with Crippen molar-refractivity contribution < 1.29 is 4.74 Å². The topological polar surface area (TPSA) is 9.23 Å². The Hall–Kier alpha value is -0.720. The second kappa shape index (κ2) is 7.56. The van der Waals surface area contributed by atoms with Crippen molar-refractivity contribution in [3.63, 3.8) is 0 Å². The zero-order valence-electron chi connectivity index (χ0n) is 11.2. The van der Waals surface area contributed by atoms with E-state index in [9.17, 15) is 0 Å². The number of allylic oxidation sites excluding steroid dienone is 3. The fourth-order valence-electron chi connectivity index (χ4n) is 1.59. The second-order valence-electron chi connectivity index (χ2n) is 3.95. The summed E-state index contributed by atoms with van der Waals surface area (Å²) in [6, 6.07) is 0. The van der Waals surface area contributed by atoms with Gasteiger partial charge in [0.05, 0.1) is 6.61 Å². The molecule has 0 radical (unpaired) electrons. The molecule has 15 heavy (non-hydrogen) atoms. The Kier molecular flexibility index (Phi) is 7.19. The van der Waals surface area contributed by atoms with Crippen LogP contribution in [0, 0.1) is 5.92 Å². The van der Waals surface area contributed by atoms with Gasteiger partial charge in [-0.05, 0) is 44.3 Å². The van der Waals surface area contributed by atoms with Crippen LogP contribution in [0.3, 0.4) is 0 Å². The zero-order valence-corrected chi connectivity index (χ0v) is 11.2. The average Bonchev–Trinajstić information content (AvgIpc) is 2.24. The highest BCUT2D eigenvalue weighted by atomic mass is 16.5. The molecule has 0 N–H and O–H groups in total. The summed E-state index contributed by atoms with van der Waals surface area (Å²) in [6.07, 6.45) is 4.60. The van der Waals surface area contributed by atoms with Crippen LogP contribution in [0.15, 0.2) is 23.0 Å². The van der Waals surface area contributed by atoms with Gasteiger partial charge in [-0.2, -0.15) is 0 Å². The van der Waals surface area contributed by atoms with Crippen LogP contribution >= 0.6 is 0 Å². The highest BCUT2D eigenvalue weighted by Gasteiger charge is 2.12. The third-order valence-electron chi connectivity index (χ3n) is 2.57. The van der Waals surface area contributed by atoms with E-state index in [1.807, 2.05) is 20.8 Å². The minimum atomic E-state index is 0.656. The molecule has 1 aliphatic rings. The van der Waals surface area contributed by atoms with Crippen molar-refractivity contribution in [3.8, 4) is 0 Å². The number of hydrogen-bond acceptors (Lipinski definition) is 1. The molecule has 0 aromatic heterocycles. The summed E-state index contributed by atoms with van der Waals surface area (Å²) in [7, 11) is 0. The van der Waals surface area contributed by atoms with E-state index < -0.39 is 0 Å². The summed E-state index contributed by atoms with van der Waals surface area (Å²) in [4.78, 5) is 0. The van der Waals surface area contributed by atoms with E-state index in [4.69, 9.17) is 4.74 Å². The van der Waals surface area contributed by atoms with E-state index in [0.717, 1.165) is 12.4 Å². The molecule has 1 nitrogen and oxygen atoms in total. The lowest BCUT2D eigenvalue weighted by molar-refractivity contribution is 0.235. The molecule has 0 atom stereocenters. The van der Waals surface area contributed by atoms with E-state index in [1.165, 1.54) is 24.0 Å². The van der Waals surface area contributed by atoms with Crippen LogP contribution in [0.25, 0.3) is 0 Å². The summed E-state index contributed by atoms with van der Waals surface area (Å²) in [5.41, 5.74) is 2.92. The van der Waals surface area contributed by atoms with Gasteiger partial charge in [-0.1, -0.05) is 33.3 Å². The van der Waals surface area contributed by atoms with Crippen LogP contribution in [0.5, 0.6) is 0 Å². The number of rotatable bonds is 3. The third-order valence-corrected chi connectivity index (χ3v) is 2.57. The van der Waals surface area contributed by atoms with E-state index in [-0.39, 0.29) is 0 Å². The van der Waals surface area contributed by atoms with Crippen LogP contribution < -0.4 is 0 Å². The lowest BCUT2D eigenvalue weighted by atomic mass is 9.91. The van der Waals surface area contributed by atoms with Crippen LogP contribution in [-0.4, -0.2) is 6.61 Å². The Bertz CT molecular complexity index is 234. The Morgan fingerprint density at radius 1 is 1.27 bits per heavy atom. The van der Waals surface area contributed by atoms with Gasteiger partial charge in [0.25, 0.3) is 0 Å². The lowest BCUT2D eigenvalue weighted by Gasteiger charge is -2.20. The first kappa shape index (κ1) is 14.3. The summed E-state index contributed by atoms with van der Waals surface area (Å²) in [5.74, 6) is 1.76. The maximum Gasteiger partial charge on any atom is 0.118 e. The van der Waals surface area contributed by atoms with E-state index in [2.05, 4.69) is 26.8 Å². The molecule has 0 fully saturated rings. The molecule has 0 heterocycles. The van der Waals surface area contributed by atoms with Gasteiger partial charge in [0.1, 0.15) is 5.76 Å². The molecule has 1 rings (SSSR count). The maximum atomic E-state index is 5.58. The molecule has 0 aromatic carbocycles. The summed E-state index contributed by atoms with van der Waals surface area (Å²) in [5, 5.41) is 0. The molecule has 0 saturated heterocycles. The van der Waals surface area contributed by atoms with Gasteiger partial charge in [-0.3, -0.25) is 0 Å². The Balaban J connectivity index is 0.000000921. The fraction of sp³-hybridized carbons (Fsp3) is 0.714. The summed E-state index contributed by atoms with van der Waals surface area (Å²) in [6.45, 7) is 13.5. The molecule has 0 spiro atoms. The SMILES string of the molecule is CC.CCOC1=C(C)CCC(C(C)C)=C1. The number of ether oxygens (including phenoxy) is 1. The fourth-order valence-corrected chi connectivity index (χ4v) is 1.59. The predicted molar refractivity (Wildman–Crippen MR) is 67.8 cm³/mol. The van der Waals surface area contributed by atoms with Crippen molar-refractivity contribution in [2.45, 2.75) is 54.4 Å². The highest BCUT2D eigenvalue weighted by Crippen LogP contribution is 2.28. The molecule has 0 unspecified atom stereocenters. The highest BCUT2D eigenvalue weighted by molar-refractivity contribution is 5.29. The minimum absolute atomic E-state index is 0.656. The monoisotopic (exact) mass is 210 g/mol. The summed E-state index contributed by atoms with van der Waals surface area (Å²) >= 11 is 0. The van der Waals surface area contributed by atoms with Gasteiger partial charge < -0.3 is 4.74 Å². The van der Waals surface area contributed by atoms with Gasteiger partial charge >= 0.3 is 0 Å². The first-order valence-corrected chi connectivity index (χ1v) is 6.18. The molecule has 0 aliphatic heterocycles. The van der Waals surface area contributed by atoms with E-state index in [0.29, 0.717) is 5.92 Å². The van der Waals surface area contributed by atoms with Crippen LogP contribution in [0.4, 0.5) is 0 Å². The quantitative estimate of drug-likeness (QED) is 0.656. The first-order valence-electron chi connectivity index (χ1n) is 6.18. The molecule has 1 heteroatoms. The van der Waals surface area contributed by atoms with Crippen molar-refractivity contribution >= 4 is 0 Å². The Morgan fingerprint density at radius 2 is 1.87 bits per heavy atom. The van der Waals surface area contributed by atoms with Crippen LogP contribution in [-0.2, 0) is 4.74 Å². The molecule has 88 valence electrons. The summed E-state index contributed by atoms with van der Waals surface area (Å²) < 4.78 is 5.58. The van der Waals surface area contributed by atoms with Crippen LogP contribution in [0.1, 0.15) is 54.4 Å². The van der Waals surface area contributed by atoms with Crippen molar-refractivity contribution in [1.82, 2.24) is 0 Å². The Labute approximate surface area is 95.2 Å². The smallest absolute Gasteiger partial charge is 0.118 e. The first-order chi connectivity index (χ1) is 7.15. The lowest BCUT2D eigenvalue weighted by Crippen LogP contribution is -2.04. The van der Waals surface area contributed by atoms with Crippen molar-refractivity contribution in [1.29, 1.82) is 0 Å².